The van der Waals surface area contributed by atoms with Crippen LogP contribution in [-0.2, 0) is 0 Å². The van der Waals surface area contributed by atoms with Gasteiger partial charge < -0.3 is 0 Å². The van der Waals surface area contributed by atoms with E-state index in [1.807, 2.05) is 12.1 Å². The van der Waals surface area contributed by atoms with Crippen molar-refractivity contribution in [2.75, 3.05) is 5.43 Å². The van der Waals surface area contributed by atoms with Gasteiger partial charge in [0.1, 0.15) is 0 Å². The summed E-state index contributed by atoms with van der Waals surface area (Å²) in [4.78, 5) is 3.91. The number of pyridine rings is 1. The Morgan fingerprint density at radius 3 is 2.35 bits per heavy atom. The maximum Gasteiger partial charge on any atom is 0.156 e. The van der Waals surface area contributed by atoms with Crippen LogP contribution >= 0.6 is 23.2 Å². The molecule has 0 amide bonds. The third-order valence-electron chi connectivity index (χ3n) is 2.05. The lowest BCUT2D eigenvalue weighted by Crippen LogP contribution is -1.97. The molecule has 0 bridgehead atoms. The number of benzene rings is 1. The molecule has 5 heteroatoms. The van der Waals surface area contributed by atoms with Crippen molar-refractivity contribution in [2.24, 2.45) is 5.10 Å². The van der Waals surface area contributed by atoms with Gasteiger partial charge in [-0.3, -0.25) is 10.4 Å². The number of hydrogen-bond donors (Lipinski definition) is 1. The molecule has 1 N–H and O–H groups in total. The second-order valence-corrected chi connectivity index (χ2v) is 4.05. The number of hydrazone groups is 1. The van der Waals surface area contributed by atoms with Crippen LogP contribution in [0.1, 0.15) is 5.56 Å². The maximum atomic E-state index is 6.02. The maximum absolute atomic E-state index is 6.02. The molecule has 0 aliphatic carbocycles. The van der Waals surface area contributed by atoms with E-state index in [0.29, 0.717) is 10.2 Å². The van der Waals surface area contributed by atoms with Gasteiger partial charge in [0.15, 0.2) is 5.17 Å². The molecule has 0 atom stereocenters. The number of nitrogens with zero attached hydrogens (tertiary/aromatic N) is 2. The van der Waals surface area contributed by atoms with Crippen molar-refractivity contribution >= 4 is 34.1 Å². The Labute approximate surface area is 109 Å². The first-order valence-electron chi connectivity index (χ1n) is 4.91. The minimum atomic E-state index is 0.377. The second-order valence-electron chi connectivity index (χ2n) is 3.26. The van der Waals surface area contributed by atoms with Crippen molar-refractivity contribution in [1.29, 1.82) is 0 Å². The number of aromatic nitrogens is 1. The molecule has 1 aromatic heterocycles. The number of rotatable bonds is 3. The summed E-state index contributed by atoms with van der Waals surface area (Å²) in [7, 11) is 0. The third kappa shape index (κ3) is 3.44. The highest BCUT2D eigenvalue weighted by Crippen LogP contribution is 2.14. The molecule has 3 nitrogen and oxygen atoms in total. The second kappa shape index (κ2) is 5.66. The Morgan fingerprint density at radius 1 is 1.06 bits per heavy atom. The van der Waals surface area contributed by atoms with E-state index in [9.17, 15) is 0 Å². The summed E-state index contributed by atoms with van der Waals surface area (Å²) in [5.74, 6) is 0. The summed E-state index contributed by atoms with van der Waals surface area (Å²) in [6.07, 6.45) is 3.32. The highest BCUT2D eigenvalue weighted by atomic mass is 35.5. The van der Waals surface area contributed by atoms with E-state index >= 15 is 0 Å². The minimum Gasteiger partial charge on any atom is -0.277 e. The van der Waals surface area contributed by atoms with Crippen molar-refractivity contribution in [2.45, 2.75) is 0 Å². The number of nitrogens with one attached hydrogen (secondary N) is 1. The average molecular weight is 266 g/mol. The Morgan fingerprint density at radius 2 is 1.71 bits per heavy atom. The standard InChI is InChI=1S/C12H9Cl2N3/c13-10-1-3-11(4-2-10)16-17-12(14)9-5-7-15-8-6-9/h1-8,16H. The molecule has 1 aromatic carbocycles. The first-order chi connectivity index (χ1) is 8.25. The average Bonchev–Trinajstić information content (AvgIpc) is 2.39. The lowest BCUT2D eigenvalue weighted by atomic mass is 10.3. The predicted molar refractivity (Wildman–Crippen MR) is 71.7 cm³/mol. The molecule has 2 rings (SSSR count). The monoisotopic (exact) mass is 265 g/mol. The van der Waals surface area contributed by atoms with Gasteiger partial charge in [0, 0.05) is 23.0 Å². The summed E-state index contributed by atoms with van der Waals surface area (Å²) in [6.45, 7) is 0. The molecule has 0 aliphatic heterocycles. The fraction of sp³-hybridized carbons (Fsp3) is 0. The van der Waals surface area contributed by atoms with Gasteiger partial charge in [0.2, 0.25) is 0 Å². The Hall–Kier alpha value is -1.58. The SMILES string of the molecule is ClC(=NNc1ccc(Cl)cc1)c1ccncc1. The van der Waals surface area contributed by atoms with Crippen molar-refractivity contribution in [1.82, 2.24) is 4.98 Å². The van der Waals surface area contributed by atoms with Gasteiger partial charge in [0.05, 0.1) is 5.69 Å². The summed E-state index contributed by atoms with van der Waals surface area (Å²) in [6, 6.07) is 10.8. The smallest absolute Gasteiger partial charge is 0.156 e. The number of halogens is 2. The molecule has 0 saturated heterocycles. The van der Waals surface area contributed by atoms with Crippen LogP contribution in [0.5, 0.6) is 0 Å². The van der Waals surface area contributed by atoms with Crippen LogP contribution in [0, 0.1) is 0 Å². The van der Waals surface area contributed by atoms with E-state index < -0.39 is 0 Å². The van der Waals surface area contributed by atoms with Crippen molar-refractivity contribution in [3.05, 3.63) is 59.4 Å². The van der Waals surface area contributed by atoms with Gasteiger partial charge in [-0.2, -0.15) is 5.10 Å². The Bertz CT molecular complexity index is 509. The van der Waals surface area contributed by atoms with E-state index in [4.69, 9.17) is 23.2 Å². The third-order valence-corrected chi connectivity index (χ3v) is 2.60. The van der Waals surface area contributed by atoms with Crippen molar-refractivity contribution in [3.8, 4) is 0 Å². The molecule has 0 unspecified atom stereocenters. The van der Waals surface area contributed by atoms with Gasteiger partial charge in [0.25, 0.3) is 0 Å². The Balaban J connectivity index is 2.08. The first-order valence-corrected chi connectivity index (χ1v) is 5.66. The van der Waals surface area contributed by atoms with Crippen LogP contribution < -0.4 is 5.43 Å². The summed E-state index contributed by atoms with van der Waals surface area (Å²) < 4.78 is 0. The topological polar surface area (TPSA) is 37.3 Å². The summed E-state index contributed by atoms with van der Waals surface area (Å²) in [5, 5.41) is 5.11. The summed E-state index contributed by atoms with van der Waals surface area (Å²) in [5.41, 5.74) is 4.48. The molecule has 1 heterocycles. The molecule has 0 spiro atoms. The van der Waals surface area contributed by atoms with Crippen LogP contribution in [0.4, 0.5) is 5.69 Å². The van der Waals surface area contributed by atoms with Crippen molar-refractivity contribution in [3.63, 3.8) is 0 Å². The lowest BCUT2D eigenvalue weighted by Gasteiger charge is -2.01. The number of anilines is 1. The molecule has 86 valence electrons. The molecule has 2 aromatic rings. The zero-order chi connectivity index (χ0) is 12.1. The molecule has 0 aliphatic rings. The van der Waals surface area contributed by atoms with Crippen LogP contribution in [0.2, 0.25) is 5.02 Å². The molecule has 0 fully saturated rings. The van der Waals surface area contributed by atoms with Crippen LogP contribution in [0.15, 0.2) is 53.9 Å². The van der Waals surface area contributed by atoms with E-state index in [2.05, 4.69) is 15.5 Å². The molecular weight excluding hydrogens is 257 g/mol. The zero-order valence-corrected chi connectivity index (χ0v) is 10.3. The molecule has 0 radical (unpaired) electrons. The van der Waals surface area contributed by atoms with Gasteiger partial charge in [-0.25, -0.2) is 0 Å². The van der Waals surface area contributed by atoms with Crippen LogP contribution in [0.3, 0.4) is 0 Å². The largest absolute Gasteiger partial charge is 0.277 e. The Kier molecular flexibility index (Phi) is 3.96. The summed E-state index contributed by atoms with van der Waals surface area (Å²) >= 11 is 11.8. The predicted octanol–water partition coefficient (Wildman–Crippen LogP) is 3.75. The van der Waals surface area contributed by atoms with Crippen molar-refractivity contribution < 1.29 is 0 Å². The highest BCUT2D eigenvalue weighted by molar-refractivity contribution is 6.69. The van der Waals surface area contributed by atoms with E-state index in [1.54, 1.807) is 36.7 Å². The first kappa shape index (κ1) is 11.9. The normalized spacial score (nSPS) is 11.3. The fourth-order valence-electron chi connectivity index (χ4n) is 1.19. The molecule has 0 saturated carbocycles. The van der Waals surface area contributed by atoms with E-state index in [-0.39, 0.29) is 0 Å². The fourth-order valence-corrected chi connectivity index (χ4v) is 1.49. The van der Waals surface area contributed by atoms with Crippen LogP contribution in [-0.4, -0.2) is 10.2 Å². The zero-order valence-electron chi connectivity index (χ0n) is 8.77. The van der Waals surface area contributed by atoms with Gasteiger partial charge in [-0.05, 0) is 36.4 Å². The molecular formula is C12H9Cl2N3. The minimum absolute atomic E-state index is 0.377. The van der Waals surface area contributed by atoms with Gasteiger partial charge >= 0.3 is 0 Å². The van der Waals surface area contributed by atoms with E-state index in [1.165, 1.54) is 0 Å². The van der Waals surface area contributed by atoms with Gasteiger partial charge in [-0.15, -0.1) is 0 Å². The highest BCUT2D eigenvalue weighted by Gasteiger charge is 1.98. The quantitative estimate of drug-likeness (QED) is 0.678. The lowest BCUT2D eigenvalue weighted by molar-refractivity contribution is 1.31. The van der Waals surface area contributed by atoms with E-state index in [0.717, 1.165) is 11.3 Å². The van der Waals surface area contributed by atoms with Crippen LogP contribution in [0.25, 0.3) is 0 Å². The number of hydrogen-bond acceptors (Lipinski definition) is 3. The van der Waals surface area contributed by atoms with Gasteiger partial charge in [-0.1, -0.05) is 23.2 Å². The molecule has 17 heavy (non-hydrogen) atoms.